The van der Waals surface area contributed by atoms with Crippen molar-refractivity contribution >= 4 is 8.60 Å². The summed E-state index contributed by atoms with van der Waals surface area (Å²) in [6.07, 6.45) is 8.76. The van der Waals surface area contributed by atoms with Crippen LogP contribution in [0.5, 0.6) is 0 Å². The van der Waals surface area contributed by atoms with Crippen molar-refractivity contribution in [2.45, 2.75) is 58.8 Å². The Morgan fingerprint density at radius 3 is 2.00 bits per heavy atom. The average Bonchev–Trinajstić information content (AvgIpc) is 2.39. The van der Waals surface area contributed by atoms with E-state index < -0.39 is 8.60 Å². The molecular formula is C13H27O3P. The van der Waals surface area contributed by atoms with Crippen LogP contribution < -0.4 is 0 Å². The quantitative estimate of drug-likeness (QED) is 0.565. The molecule has 0 unspecified atom stereocenters. The van der Waals surface area contributed by atoms with Crippen LogP contribution in [0.4, 0.5) is 0 Å². The molecule has 17 heavy (non-hydrogen) atoms. The zero-order valence-corrected chi connectivity index (χ0v) is 12.2. The van der Waals surface area contributed by atoms with E-state index in [4.69, 9.17) is 13.6 Å². The summed E-state index contributed by atoms with van der Waals surface area (Å²) in [6.45, 7) is 6.50. The molecule has 0 aromatic rings. The first-order valence-electron chi connectivity index (χ1n) is 7.05. The van der Waals surface area contributed by atoms with Crippen LogP contribution in [0.25, 0.3) is 0 Å². The van der Waals surface area contributed by atoms with E-state index in [9.17, 15) is 0 Å². The van der Waals surface area contributed by atoms with Crippen LogP contribution >= 0.6 is 8.60 Å². The molecule has 0 aromatic carbocycles. The Morgan fingerprint density at radius 2 is 1.47 bits per heavy atom. The molecule has 0 spiro atoms. The lowest BCUT2D eigenvalue weighted by atomic mass is 9.90. The van der Waals surface area contributed by atoms with Crippen LogP contribution in [0.1, 0.15) is 58.8 Å². The molecule has 1 fully saturated rings. The molecule has 1 aliphatic rings. The minimum atomic E-state index is -1.10. The van der Waals surface area contributed by atoms with Crippen molar-refractivity contribution in [2.75, 3.05) is 19.8 Å². The maximum atomic E-state index is 5.81. The zero-order valence-electron chi connectivity index (χ0n) is 11.3. The third-order valence-electron chi connectivity index (χ3n) is 2.94. The van der Waals surface area contributed by atoms with E-state index in [0.29, 0.717) is 0 Å². The largest absolute Gasteiger partial charge is 0.332 e. The molecule has 0 radical (unpaired) electrons. The lowest BCUT2D eigenvalue weighted by Crippen LogP contribution is -2.12. The molecule has 1 saturated carbocycles. The van der Waals surface area contributed by atoms with Gasteiger partial charge in [0, 0.05) is 0 Å². The Labute approximate surface area is 107 Å². The molecule has 1 aliphatic carbocycles. The van der Waals surface area contributed by atoms with E-state index in [0.717, 1.165) is 38.6 Å². The Balaban J connectivity index is 2.16. The van der Waals surface area contributed by atoms with E-state index in [1.54, 1.807) is 0 Å². The van der Waals surface area contributed by atoms with Gasteiger partial charge in [-0.3, -0.25) is 0 Å². The number of hydrogen-bond acceptors (Lipinski definition) is 3. The van der Waals surface area contributed by atoms with Crippen molar-refractivity contribution in [1.82, 2.24) is 0 Å². The van der Waals surface area contributed by atoms with Gasteiger partial charge in [0.1, 0.15) is 0 Å². The molecule has 0 aromatic heterocycles. The Hall–Kier alpha value is 0.310. The Kier molecular flexibility index (Phi) is 9.27. The van der Waals surface area contributed by atoms with Crippen LogP contribution in [-0.4, -0.2) is 19.8 Å². The molecule has 1 rings (SSSR count). The van der Waals surface area contributed by atoms with E-state index >= 15 is 0 Å². The fourth-order valence-corrected chi connectivity index (χ4v) is 3.18. The molecular weight excluding hydrogens is 235 g/mol. The molecule has 0 bridgehead atoms. The summed E-state index contributed by atoms with van der Waals surface area (Å²) in [6, 6.07) is 0. The Bertz CT molecular complexity index is 164. The highest BCUT2D eigenvalue weighted by molar-refractivity contribution is 7.41. The van der Waals surface area contributed by atoms with Crippen LogP contribution in [0.3, 0.4) is 0 Å². The molecule has 0 atom stereocenters. The van der Waals surface area contributed by atoms with Gasteiger partial charge in [-0.15, -0.1) is 0 Å². The van der Waals surface area contributed by atoms with Crippen molar-refractivity contribution in [3.63, 3.8) is 0 Å². The second-order valence-corrected chi connectivity index (χ2v) is 5.91. The lowest BCUT2D eigenvalue weighted by molar-refractivity contribution is 0.132. The van der Waals surface area contributed by atoms with Crippen LogP contribution in [0.15, 0.2) is 0 Å². The second-order valence-electron chi connectivity index (χ2n) is 4.69. The Morgan fingerprint density at radius 1 is 0.882 bits per heavy atom. The predicted octanol–water partition coefficient (Wildman–Crippen LogP) is 4.66. The van der Waals surface area contributed by atoms with Crippen molar-refractivity contribution in [3.8, 4) is 0 Å². The molecule has 0 heterocycles. The molecule has 0 aliphatic heterocycles. The molecule has 3 nitrogen and oxygen atoms in total. The van der Waals surface area contributed by atoms with E-state index in [2.05, 4.69) is 13.8 Å². The van der Waals surface area contributed by atoms with Gasteiger partial charge >= 0.3 is 8.60 Å². The second kappa shape index (κ2) is 10.3. The van der Waals surface area contributed by atoms with Gasteiger partial charge in [-0.05, 0) is 31.6 Å². The smallest absolute Gasteiger partial charge is 0.312 e. The van der Waals surface area contributed by atoms with Gasteiger partial charge in [-0.1, -0.05) is 33.1 Å². The fourth-order valence-electron chi connectivity index (χ4n) is 1.96. The standard InChI is InChI=1S/C13H27O3P/c1-3-10-14-17(15-11-4-2)16-12-13-8-6-5-7-9-13/h13H,3-12H2,1-2H3. The van der Waals surface area contributed by atoms with Gasteiger partial charge in [0.05, 0.1) is 19.8 Å². The van der Waals surface area contributed by atoms with Crippen LogP contribution in [-0.2, 0) is 13.6 Å². The van der Waals surface area contributed by atoms with Gasteiger partial charge in [0.2, 0.25) is 0 Å². The maximum Gasteiger partial charge on any atom is 0.332 e. The summed E-state index contributed by atoms with van der Waals surface area (Å²) < 4.78 is 17.0. The van der Waals surface area contributed by atoms with Crippen LogP contribution in [0.2, 0.25) is 0 Å². The average molecular weight is 262 g/mol. The molecule has 4 heteroatoms. The fraction of sp³-hybridized carbons (Fsp3) is 1.00. The van der Waals surface area contributed by atoms with Gasteiger partial charge in [0.15, 0.2) is 0 Å². The number of hydrogen-bond donors (Lipinski definition) is 0. The summed E-state index contributed by atoms with van der Waals surface area (Å²) in [5, 5.41) is 0. The maximum absolute atomic E-state index is 5.81. The van der Waals surface area contributed by atoms with Crippen LogP contribution in [0, 0.1) is 5.92 Å². The first-order chi connectivity index (χ1) is 8.36. The molecule has 0 N–H and O–H groups in total. The highest BCUT2D eigenvalue weighted by atomic mass is 31.2. The minimum Gasteiger partial charge on any atom is -0.312 e. The summed E-state index contributed by atoms with van der Waals surface area (Å²) in [4.78, 5) is 0. The summed E-state index contributed by atoms with van der Waals surface area (Å²) in [5.74, 6) is 0.726. The predicted molar refractivity (Wildman–Crippen MR) is 71.9 cm³/mol. The SMILES string of the molecule is CCCOP(OCCC)OCC1CCCCC1. The van der Waals surface area contributed by atoms with Crippen molar-refractivity contribution in [3.05, 3.63) is 0 Å². The number of rotatable bonds is 9. The van der Waals surface area contributed by atoms with Crippen molar-refractivity contribution in [2.24, 2.45) is 5.92 Å². The van der Waals surface area contributed by atoms with E-state index in [1.807, 2.05) is 0 Å². The first kappa shape index (κ1) is 15.4. The van der Waals surface area contributed by atoms with Gasteiger partial charge in [-0.25, -0.2) is 0 Å². The zero-order chi connectivity index (χ0) is 12.3. The highest BCUT2D eigenvalue weighted by Gasteiger charge is 2.18. The van der Waals surface area contributed by atoms with Crippen molar-refractivity contribution in [1.29, 1.82) is 0 Å². The monoisotopic (exact) mass is 262 g/mol. The van der Waals surface area contributed by atoms with Crippen molar-refractivity contribution < 1.29 is 13.6 Å². The lowest BCUT2D eigenvalue weighted by Gasteiger charge is -2.23. The molecule has 0 amide bonds. The third-order valence-corrected chi connectivity index (χ3v) is 4.09. The van der Waals surface area contributed by atoms with E-state index in [-0.39, 0.29) is 0 Å². The van der Waals surface area contributed by atoms with E-state index in [1.165, 1.54) is 32.1 Å². The molecule has 102 valence electrons. The normalized spacial score (nSPS) is 17.8. The third kappa shape index (κ3) is 7.35. The van der Waals surface area contributed by atoms with Gasteiger partial charge < -0.3 is 13.6 Å². The summed E-state index contributed by atoms with van der Waals surface area (Å²) in [5.41, 5.74) is 0. The highest BCUT2D eigenvalue weighted by Crippen LogP contribution is 2.41. The summed E-state index contributed by atoms with van der Waals surface area (Å²) in [7, 11) is -1.10. The van der Waals surface area contributed by atoms with Gasteiger partial charge in [0.25, 0.3) is 0 Å². The first-order valence-corrected chi connectivity index (χ1v) is 8.15. The van der Waals surface area contributed by atoms with Gasteiger partial charge in [-0.2, -0.15) is 0 Å². The molecule has 0 saturated heterocycles. The topological polar surface area (TPSA) is 27.7 Å². The summed E-state index contributed by atoms with van der Waals surface area (Å²) >= 11 is 0. The minimum absolute atomic E-state index is 0.726.